The van der Waals surface area contributed by atoms with Crippen LogP contribution in [0.3, 0.4) is 0 Å². The number of aromatic nitrogens is 2. The minimum Gasteiger partial charge on any atom is -0.308 e. The Kier molecular flexibility index (Phi) is 1.99. The first-order valence-corrected chi connectivity index (χ1v) is 5.49. The van der Waals surface area contributed by atoms with Crippen LogP contribution in [0.5, 0.6) is 0 Å². The second kappa shape index (κ2) is 3.35. The number of hydrogen-bond acceptors (Lipinski definition) is 2. The topological polar surface area (TPSA) is 29.3 Å². The van der Waals surface area contributed by atoms with Crippen molar-refractivity contribution >= 4 is 5.65 Å². The summed E-state index contributed by atoms with van der Waals surface area (Å²) < 4.78 is 2.14. The fourth-order valence-electron chi connectivity index (χ4n) is 1.99. The Hall–Kier alpha value is -1.35. The van der Waals surface area contributed by atoms with E-state index < -0.39 is 0 Å². The quantitative estimate of drug-likeness (QED) is 0.821. The molecule has 2 unspecified atom stereocenters. The monoisotopic (exact) mass is 201 g/mol. The van der Waals surface area contributed by atoms with Crippen LogP contribution in [0.2, 0.25) is 0 Å². The van der Waals surface area contributed by atoms with Crippen molar-refractivity contribution in [1.82, 2.24) is 14.7 Å². The Morgan fingerprint density at radius 3 is 3.20 bits per heavy atom. The van der Waals surface area contributed by atoms with E-state index in [2.05, 4.69) is 33.8 Å². The SMILES string of the molecule is CC1CC1NCc1cccc2nccn12. The molecule has 1 fully saturated rings. The van der Waals surface area contributed by atoms with E-state index in [1.165, 1.54) is 12.1 Å². The number of imidazole rings is 1. The van der Waals surface area contributed by atoms with E-state index in [1.807, 2.05) is 18.5 Å². The van der Waals surface area contributed by atoms with Crippen LogP contribution in [0.25, 0.3) is 5.65 Å². The minimum atomic E-state index is 0.726. The molecule has 1 aliphatic rings. The molecule has 0 saturated heterocycles. The molecule has 0 aliphatic heterocycles. The van der Waals surface area contributed by atoms with Gasteiger partial charge in [0, 0.05) is 30.7 Å². The van der Waals surface area contributed by atoms with Gasteiger partial charge in [0.15, 0.2) is 0 Å². The zero-order valence-corrected chi connectivity index (χ0v) is 8.85. The second-order valence-electron chi connectivity index (χ2n) is 4.37. The maximum absolute atomic E-state index is 4.27. The predicted octanol–water partition coefficient (Wildman–Crippen LogP) is 1.83. The Balaban J connectivity index is 1.81. The molecular weight excluding hydrogens is 186 g/mol. The molecule has 0 spiro atoms. The van der Waals surface area contributed by atoms with Crippen LogP contribution in [0.15, 0.2) is 30.6 Å². The third-order valence-corrected chi connectivity index (χ3v) is 3.17. The van der Waals surface area contributed by atoms with E-state index in [1.54, 1.807) is 0 Å². The molecule has 15 heavy (non-hydrogen) atoms. The lowest BCUT2D eigenvalue weighted by Crippen LogP contribution is -2.18. The van der Waals surface area contributed by atoms with Gasteiger partial charge in [-0.2, -0.15) is 0 Å². The normalized spacial score (nSPS) is 24.6. The number of pyridine rings is 1. The van der Waals surface area contributed by atoms with E-state index in [0.29, 0.717) is 0 Å². The Labute approximate surface area is 89.1 Å². The van der Waals surface area contributed by atoms with Gasteiger partial charge in [-0.05, 0) is 24.5 Å². The van der Waals surface area contributed by atoms with E-state index in [-0.39, 0.29) is 0 Å². The van der Waals surface area contributed by atoms with Crippen LogP contribution in [-0.4, -0.2) is 15.4 Å². The first kappa shape index (κ1) is 8.92. The maximum Gasteiger partial charge on any atom is 0.136 e. The lowest BCUT2D eigenvalue weighted by molar-refractivity contribution is 0.638. The van der Waals surface area contributed by atoms with Gasteiger partial charge in [-0.1, -0.05) is 13.0 Å². The first-order chi connectivity index (χ1) is 7.34. The van der Waals surface area contributed by atoms with Crippen molar-refractivity contribution in [2.75, 3.05) is 0 Å². The third-order valence-electron chi connectivity index (χ3n) is 3.17. The van der Waals surface area contributed by atoms with Crippen LogP contribution in [-0.2, 0) is 6.54 Å². The highest BCUT2D eigenvalue weighted by atomic mass is 15.0. The van der Waals surface area contributed by atoms with Gasteiger partial charge in [-0.15, -0.1) is 0 Å². The second-order valence-corrected chi connectivity index (χ2v) is 4.37. The number of hydrogen-bond donors (Lipinski definition) is 1. The van der Waals surface area contributed by atoms with Crippen LogP contribution in [0, 0.1) is 5.92 Å². The maximum atomic E-state index is 4.27. The summed E-state index contributed by atoms with van der Waals surface area (Å²) in [4.78, 5) is 4.27. The molecule has 2 atom stereocenters. The van der Waals surface area contributed by atoms with Gasteiger partial charge in [-0.25, -0.2) is 4.98 Å². The number of nitrogens with one attached hydrogen (secondary N) is 1. The molecule has 2 aromatic heterocycles. The molecular formula is C12H15N3. The number of fused-ring (bicyclic) bond motifs is 1. The molecule has 0 aromatic carbocycles. The lowest BCUT2D eigenvalue weighted by atomic mass is 10.3. The Morgan fingerprint density at radius 1 is 1.53 bits per heavy atom. The summed E-state index contributed by atoms with van der Waals surface area (Å²) in [6.07, 6.45) is 5.18. The van der Waals surface area contributed by atoms with Crippen LogP contribution >= 0.6 is 0 Å². The summed E-state index contributed by atoms with van der Waals surface area (Å²) >= 11 is 0. The van der Waals surface area contributed by atoms with Crippen LogP contribution in [0.1, 0.15) is 19.0 Å². The molecule has 3 nitrogen and oxygen atoms in total. The standard InChI is InChI=1S/C12H15N3/c1-9-7-11(9)14-8-10-3-2-4-12-13-5-6-15(10)12/h2-6,9,11,14H,7-8H2,1H3. The van der Waals surface area contributed by atoms with Crippen molar-refractivity contribution in [2.45, 2.75) is 25.9 Å². The minimum absolute atomic E-state index is 0.726. The van der Waals surface area contributed by atoms with E-state index >= 15 is 0 Å². The molecule has 1 N–H and O–H groups in total. The van der Waals surface area contributed by atoms with Gasteiger partial charge in [0.1, 0.15) is 5.65 Å². The zero-order chi connectivity index (χ0) is 10.3. The zero-order valence-electron chi connectivity index (χ0n) is 8.85. The van der Waals surface area contributed by atoms with Gasteiger partial charge >= 0.3 is 0 Å². The average molecular weight is 201 g/mol. The Morgan fingerprint density at radius 2 is 2.40 bits per heavy atom. The highest BCUT2D eigenvalue weighted by Gasteiger charge is 2.31. The van der Waals surface area contributed by atoms with Gasteiger partial charge in [-0.3, -0.25) is 0 Å². The fourth-order valence-corrected chi connectivity index (χ4v) is 1.99. The van der Waals surface area contributed by atoms with Gasteiger partial charge in [0.2, 0.25) is 0 Å². The van der Waals surface area contributed by atoms with Gasteiger partial charge < -0.3 is 9.72 Å². The highest BCUT2D eigenvalue weighted by molar-refractivity contribution is 5.39. The summed E-state index contributed by atoms with van der Waals surface area (Å²) in [5.41, 5.74) is 2.31. The van der Waals surface area contributed by atoms with Crippen LogP contribution < -0.4 is 5.32 Å². The van der Waals surface area contributed by atoms with Crippen molar-refractivity contribution in [1.29, 1.82) is 0 Å². The molecule has 0 amide bonds. The van der Waals surface area contributed by atoms with E-state index in [4.69, 9.17) is 0 Å². The summed E-state index contributed by atoms with van der Waals surface area (Å²) in [7, 11) is 0. The fraction of sp³-hybridized carbons (Fsp3) is 0.417. The summed E-state index contributed by atoms with van der Waals surface area (Å²) in [5, 5.41) is 3.56. The van der Waals surface area contributed by atoms with E-state index in [0.717, 1.165) is 24.2 Å². The molecule has 3 heteroatoms. The van der Waals surface area contributed by atoms with Crippen molar-refractivity contribution in [3.63, 3.8) is 0 Å². The molecule has 78 valence electrons. The first-order valence-electron chi connectivity index (χ1n) is 5.49. The smallest absolute Gasteiger partial charge is 0.136 e. The van der Waals surface area contributed by atoms with Crippen molar-refractivity contribution in [3.05, 3.63) is 36.3 Å². The molecule has 0 bridgehead atoms. The summed E-state index contributed by atoms with van der Waals surface area (Å²) in [6.45, 7) is 3.22. The average Bonchev–Trinajstić information content (AvgIpc) is 2.78. The predicted molar refractivity (Wildman–Crippen MR) is 59.6 cm³/mol. The Bertz CT molecular complexity index is 474. The van der Waals surface area contributed by atoms with Crippen LogP contribution in [0.4, 0.5) is 0 Å². The largest absolute Gasteiger partial charge is 0.308 e. The number of nitrogens with zero attached hydrogens (tertiary/aromatic N) is 2. The van der Waals surface area contributed by atoms with Crippen molar-refractivity contribution in [2.24, 2.45) is 5.92 Å². The number of rotatable bonds is 3. The molecule has 1 saturated carbocycles. The molecule has 0 radical (unpaired) electrons. The van der Waals surface area contributed by atoms with E-state index in [9.17, 15) is 0 Å². The molecule has 2 heterocycles. The van der Waals surface area contributed by atoms with Crippen molar-refractivity contribution in [3.8, 4) is 0 Å². The molecule has 2 aromatic rings. The highest BCUT2D eigenvalue weighted by Crippen LogP contribution is 2.29. The molecule has 3 rings (SSSR count). The van der Waals surface area contributed by atoms with Gasteiger partial charge in [0.25, 0.3) is 0 Å². The molecule has 1 aliphatic carbocycles. The summed E-state index contributed by atoms with van der Waals surface area (Å²) in [5.74, 6) is 0.854. The lowest BCUT2D eigenvalue weighted by Gasteiger charge is -2.06. The van der Waals surface area contributed by atoms with Gasteiger partial charge in [0.05, 0.1) is 0 Å². The summed E-state index contributed by atoms with van der Waals surface area (Å²) in [6, 6.07) is 6.97. The third kappa shape index (κ3) is 1.63. The van der Waals surface area contributed by atoms with Crippen molar-refractivity contribution < 1.29 is 0 Å².